The van der Waals surface area contributed by atoms with Gasteiger partial charge in [0.05, 0.1) is 12.2 Å². The number of amides is 2. The Morgan fingerprint density at radius 1 is 1.43 bits per heavy atom. The van der Waals surface area contributed by atoms with Crippen LogP contribution in [0.25, 0.3) is 11.0 Å². The molecule has 1 aromatic carbocycles. The zero-order valence-electron chi connectivity index (χ0n) is 17.4. The van der Waals surface area contributed by atoms with Crippen molar-refractivity contribution < 1.29 is 23.5 Å². The van der Waals surface area contributed by atoms with E-state index in [0.29, 0.717) is 64.8 Å². The van der Waals surface area contributed by atoms with Crippen LogP contribution in [0, 0.1) is 6.92 Å². The molecule has 3 rings (SSSR count). The number of ether oxygens (including phenoxy) is 2. The molecular formula is C21H27N3O5S. The van der Waals surface area contributed by atoms with Gasteiger partial charge in [-0.25, -0.2) is 0 Å². The van der Waals surface area contributed by atoms with Gasteiger partial charge in [0.15, 0.2) is 0 Å². The monoisotopic (exact) mass is 433 g/mol. The lowest BCUT2D eigenvalue weighted by Crippen LogP contribution is -2.42. The third kappa shape index (κ3) is 4.73. The molecule has 1 aromatic heterocycles. The first-order valence-corrected chi connectivity index (χ1v) is 10.1. The van der Waals surface area contributed by atoms with E-state index in [2.05, 4.69) is 17.9 Å². The Balaban J connectivity index is 1.77. The summed E-state index contributed by atoms with van der Waals surface area (Å²) in [6.07, 6.45) is 0.562. The molecule has 162 valence electrons. The molecule has 8 nitrogen and oxygen atoms in total. The number of thiol groups is 1. The quantitative estimate of drug-likeness (QED) is 0.551. The fraction of sp³-hybridized carbons (Fsp3) is 0.429. The largest absolute Gasteiger partial charge is 0.488 e. The average molecular weight is 434 g/mol. The van der Waals surface area contributed by atoms with Crippen LogP contribution in [-0.4, -0.2) is 56.2 Å². The molecule has 0 saturated carbocycles. The van der Waals surface area contributed by atoms with E-state index >= 15 is 0 Å². The van der Waals surface area contributed by atoms with Crippen LogP contribution in [0.15, 0.2) is 33.2 Å². The molecule has 1 aliphatic rings. The summed E-state index contributed by atoms with van der Waals surface area (Å²) in [6.45, 7) is 5.27. The van der Waals surface area contributed by atoms with Crippen LogP contribution in [0.1, 0.15) is 29.5 Å². The smallest absolute Gasteiger partial charge is 0.256 e. The molecule has 2 heterocycles. The minimum atomic E-state index is -0.553. The van der Waals surface area contributed by atoms with Crippen LogP contribution in [0.5, 0.6) is 5.75 Å². The molecular weight excluding hydrogens is 406 g/mol. The summed E-state index contributed by atoms with van der Waals surface area (Å²) in [7, 11) is 1.59. The van der Waals surface area contributed by atoms with Crippen LogP contribution >= 0.6 is 12.6 Å². The topological polar surface area (TPSA) is 107 Å². The van der Waals surface area contributed by atoms with Gasteiger partial charge in [0, 0.05) is 36.2 Å². The van der Waals surface area contributed by atoms with Crippen LogP contribution in [0.2, 0.25) is 0 Å². The van der Waals surface area contributed by atoms with E-state index in [0.717, 1.165) is 0 Å². The summed E-state index contributed by atoms with van der Waals surface area (Å²) in [6, 6.07) is 4.70. The Kier molecular flexibility index (Phi) is 6.94. The highest BCUT2D eigenvalue weighted by Gasteiger charge is 2.33. The van der Waals surface area contributed by atoms with Crippen molar-refractivity contribution in [3.05, 3.63) is 40.1 Å². The molecule has 0 aliphatic carbocycles. The number of likely N-dealkylation sites (tertiary alicyclic amines) is 1. The first kappa shape index (κ1) is 22.0. The first-order valence-electron chi connectivity index (χ1n) is 9.70. The summed E-state index contributed by atoms with van der Waals surface area (Å²) in [4.78, 5) is 27.8. The number of rotatable bonds is 8. The van der Waals surface area contributed by atoms with Crippen LogP contribution < -0.4 is 15.8 Å². The van der Waals surface area contributed by atoms with Crippen LogP contribution in [0.4, 0.5) is 0 Å². The SMILES string of the molecule is COCCN1CCC(NC(=O)c2c(C)oc3ccc(OC/C(S)=C(\C)N)cc23)C1=O. The lowest BCUT2D eigenvalue weighted by Gasteiger charge is -2.16. The van der Waals surface area contributed by atoms with Gasteiger partial charge in [-0.3, -0.25) is 9.59 Å². The van der Waals surface area contributed by atoms with Crippen molar-refractivity contribution in [2.75, 3.05) is 33.4 Å². The Labute approximate surface area is 180 Å². The Hall–Kier alpha value is -2.65. The predicted octanol–water partition coefficient (Wildman–Crippen LogP) is 2.22. The molecule has 30 heavy (non-hydrogen) atoms. The van der Waals surface area contributed by atoms with Gasteiger partial charge in [-0.05, 0) is 38.5 Å². The fourth-order valence-electron chi connectivity index (χ4n) is 3.36. The van der Waals surface area contributed by atoms with Crippen LogP contribution in [-0.2, 0) is 9.53 Å². The van der Waals surface area contributed by atoms with Gasteiger partial charge >= 0.3 is 0 Å². The maximum atomic E-state index is 13.0. The van der Waals surface area contributed by atoms with Crippen LogP contribution in [0.3, 0.4) is 0 Å². The van der Waals surface area contributed by atoms with E-state index in [1.54, 1.807) is 44.1 Å². The molecule has 1 saturated heterocycles. The number of nitrogens with two attached hydrogens (primary N) is 1. The standard InChI is InChI=1S/C21H27N3O5S/c1-12(22)18(30)11-28-14-4-5-17-15(10-14)19(13(2)29-17)20(25)23-16-6-7-24(21(16)26)8-9-27-3/h4-5,10,16,30H,6-9,11,22H2,1-3H3,(H,23,25)/b18-12-. The molecule has 1 atom stereocenters. The van der Waals surface area contributed by atoms with Crippen molar-refractivity contribution >= 4 is 35.4 Å². The predicted molar refractivity (Wildman–Crippen MR) is 117 cm³/mol. The van der Waals surface area contributed by atoms with E-state index in [9.17, 15) is 9.59 Å². The molecule has 2 amide bonds. The van der Waals surface area contributed by atoms with E-state index in [4.69, 9.17) is 19.6 Å². The minimum Gasteiger partial charge on any atom is -0.488 e. The molecule has 9 heteroatoms. The summed E-state index contributed by atoms with van der Waals surface area (Å²) in [5.74, 6) is 0.602. The van der Waals surface area contributed by atoms with Crippen molar-refractivity contribution in [2.45, 2.75) is 26.3 Å². The number of carbonyl (C=O) groups is 2. The van der Waals surface area contributed by atoms with Crippen molar-refractivity contribution in [3.8, 4) is 5.75 Å². The van der Waals surface area contributed by atoms with Gasteiger partial charge in [0.25, 0.3) is 5.91 Å². The molecule has 2 aromatic rings. The zero-order chi connectivity index (χ0) is 21.8. The molecule has 1 fully saturated rings. The number of furan rings is 1. The van der Waals surface area contributed by atoms with Crippen molar-refractivity contribution in [2.24, 2.45) is 5.73 Å². The van der Waals surface area contributed by atoms with Gasteiger partial charge in [-0.15, -0.1) is 12.6 Å². The van der Waals surface area contributed by atoms with E-state index < -0.39 is 6.04 Å². The number of benzene rings is 1. The highest BCUT2D eigenvalue weighted by molar-refractivity contribution is 7.84. The normalized spacial score (nSPS) is 17.4. The summed E-state index contributed by atoms with van der Waals surface area (Å²) < 4.78 is 16.5. The number of nitrogens with one attached hydrogen (secondary N) is 1. The minimum absolute atomic E-state index is 0.0971. The number of hydrogen-bond acceptors (Lipinski definition) is 7. The maximum Gasteiger partial charge on any atom is 0.256 e. The van der Waals surface area contributed by atoms with Crippen molar-refractivity contribution in [3.63, 3.8) is 0 Å². The van der Waals surface area contributed by atoms with Gasteiger partial charge < -0.3 is 29.8 Å². The second-order valence-electron chi connectivity index (χ2n) is 7.24. The van der Waals surface area contributed by atoms with Gasteiger partial charge in [0.1, 0.15) is 29.7 Å². The maximum absolute atomic E-state index is 13.0. The Morgan fingerprint density at radius 2 is 2.20 bits per heavy atom. The summed E-state index contributed by atoms with van der Waals surface area (Å²) >= 11 is 4.29. The van der Waals surface area contributed by atoms with Gasteiger partial charge in [-0.2, -0.15) is 0 Å². The number of allylic oxidation sites excluding steroid dienone is 1. The third-order valence-electron chi connectivity index (χ3n) is 5.06. The van der Waals surface area contributed by atoms with Gasteiger partial charge in [-0.1, -0.05) is 0 Å². The Morgan fingerprint density at radius 3 is 2.90 bits per heavy atom. The molecule has 0 bridgehead atoms. The zero-order valence-corrected chi connectivity index (χ0v) is 18.3. The molecule has 0 spiro atoms. The third-order valence-corrected chi connectivity index (χ3v) is 5.54. The molecule has 0 radical (unpaired) electrons. The van der Waals surface area contributed by atoms with E-state index in [-0.39, 0.29) is 18.4 Å². The van der Waals surface area contributed by atoms with Gasteiger partial charge in [0.2, 0.25) is 5.91 Å². The van der Waals surface area contributed by atoms with Crippen molar-refractivity contribution in [1.29, 1.82) is 0 Å². The first-order chi connectivity index (χ1) is 14.3. The highest BCUT2D eigenvalue weighted by atomic mass is 32.1. The molecule has 1 aliphatic heterocycles. The summed E-state index contributed by atoms with van der Waals surface area (Å²) in [5.41, 5.74) is 7.25. The second kappa shape index (κ2) is 9.44. The number of fused-ring (bicyclic) bond motifs is 1. The lowest BCUT2D eigenvalue weighted by atomic mass is 10.1. The summed E-state index contributed by atoms with van der Waals surface area (Å²) in [5, 5.41) is 3.47. The second-order valence-corrected chi connectivity index (χ2v) is 7.78. The average Bonchev–Trinajstić information content (AvgIpc) is 3.22. The number of methoxy groups -OCH3 is 1. The van der Waals surface area contributed by atoms with E-state index in [1.807, 2.05) is 0 Å². The van der Waals surface area contributed by atoms with Crippen molar-refractivity contribution in [1.82, 2.24) is 10.2 Å². The number of aryl methyl sites for hydroxylation is 1. The Bertz CT molecular complexity index is 980. The molecule has 1 unspecified atom stereocenters. The fourth-order valence-corrected chi connectivity index (χ4v) is 3.43. The number of carbonyl (C=O) groups excluding carboxylic acids is 2. The molecule has 3 N–H and O–H groups in total. The number of hydrogen-bond donors (Lipinski definition) is 3. The lowest BCUT2D eigenvalue weighted by molar-refractivity contribution is -0.129. The highest BCUT2D eigenvalue weighted by Crippen LogP contribution is 2.30. The van der Waals surface area contributed by atoms with E-state index in [1.165, 1.54) is 0 Å². The number of nitrogens with zero attached hydrogens (tertiary/aromatic N) is 1.